The second-order valence-electron chi connectivity index (χ2n) is 5.87. The monoisotopic (exact) mass is 323 g/mol. The number of hydrogen-bond acceptors (Lipinski definition) is 4. The number of carbonyl (C=O) groups excluding carboxylic acids is 1. The number of ether oxygens (including phenoxy) is 2. The Morgan fingerprint density at radius 2 is 1.46 bits per heavy atom. The highest BCUT2D eigenvalue weighted by molar-refractivity contribution is 5.92. The van der Waals surface area contributed by atoms with Crippen molar-refractivity contribution >= 4 is 11.5 Å². The van der Waals surface area contributed by atoms with Gasteiger partial charge in [-0.05, 0) is 54.3 Å². The van der Waals surface area contributed by atoms with E-state index in [1.807, 2.05) is 48.5 Å². The molecule has 4 nitrogen and oxygen atoms in total. The van der Waals surface area contributed by atoms with E-state index in [-0.39, 0.29) is 11.7 Å². The Hall–Kier alpha value is -2.75. The van der Waals surface area contributed by atoms with Gasteiger partial charge in [-0.25, -0.2) is 0 Å². The predicted octanol–water partition coefficient (Wildman–Crippen LogP) is 4.15. The van der Waals surface area contributed by atoms with Gasteiger partial charge in [-0.15, -0.1) is 0 Å². The molecule has 24 heavy (non-hydrogen) atoms. The lowest BCUT2D eigenvalue weighted by Crippen LogP contribution is -2.16. The van der Waals surface area contributed by atoms with E-state index in [0.717, 1.165) is 34.9 Å². The van der Waals surface area contributed by atoms with Crippen LogP contribution in [0.4, 0.5) is 5.69 Å². The fraction of sp³-hybridized carbons (Fsp3) is 0.250. The summed E-state index contributed by atoms with van der Waals surface area (Å²) >= 11 is 0. The first-order chi connectivity index (χ1) is 11.7. The molecule has 0 saturated heterocycles. The van der Waals surface area contributed by atoms with Crippen LogP contribution in [0.2, 0.25) is 0 Å². The highest BCUT2D eigenvalue weighted by Gasteiger charge is 2.22. The largest absolute Gasteiger partial charge is 0.497 e. The van der Waals surface area contributed by atoms with Crippen molar-refractivity contribution < 1.29 is 14.3 Å². The van der Waals surface area contributed by atoms with Gasteiger partial charge < -0.3 is 14.8 Å². The maximum absolute atomic E-state index is 12.1. The Kier molecular flexibility index (Phi) is 4.85. The summed E-state index contributed by atoms with van der Waals surface area (Å²) in [6.07, 6.45) is 3.06. The van der Waals surface area contributed by atoms with E-state index in [2.05, 4.69) is 5.32 Å². The third-order valence-electron chi connectivity index (χ3n) is 4.23. The number of anilines is 1. The van der Waals surface area contributed by atoms with Crippen LogP contribution in [0.3, 0.4) is 0 Å². The summed E-state index contributed by atoms with van der Waals surface area (Å²) < 4.78 is 10.4. The van der Waals surface area contributed by atoms with Crippen LogP contribution in [0.1, 0.15) is 24.3 Å². The van der Waals surface area contributed by atoms with E-state index in [1.165, 1.54) is 0 Å². The number of benzene rings is 2. The smallest absolute Gasteiger partial charge is 0.158 e. The van der Waals surface area contributed by atoms with Gasteiger partial charge in [0.25, 0.3) is 0 Å². The summed E-state index contributed by atoms with van der Waals surface area (Å²) in [5, 5.41) is 3.34. The van der Waals surface area contributed by atoms with E-state index in [0.29, 0.717) is 6.42 Å². The molecular weight excluding hydrogens is 302 g/mol. The minimum absolute atomic E-state index is 0.151. The van der Waals surface area contributed by atoms with Crippen molar-refractivity contribution in [3.63, 3.8) is 0 Å². The summed E-state index contributed by atoms with van der Waals surface area (Å²) in [6.45, 7) is 0. The van der Waals surface area contributed by atoms with Crippen molar-refractivity contribution in [3.8, 4) is 11.5 Å². The van der Waals surface area contributed by atoms with E-state index in [1.54, 1.807) is 20.3 Å². The third kappa shape index (κ3) is 3.77. The molecule has 0 amide bonds. The van der Waals surface area contributed by atoms with Crippen molar-refractivity contribution in [1.82, 2.24) is 0 Å². The number of ketones is 1. The van der Waals surface area contributed by atoms with E-state index in [9.17, 15) is 4.79 Å². The van der Waals surface area contributed by atoms with Gasteiger partial charge in [-0.3, -0.25) is 4.79 Å². The molecule has 0 fully saturated rings. The third-order valence-corrected chi connectivity index (χ3v) is 4.23. The average molecular weight is 323 g/mol. The number of rotatable bonds is 5. The normalized spacial score (nSPS) is 17.2. The summed E-state index contributed by atoms with van der Waals surface area (Å²) in [5.74, 6) is 1.98. The molecule has 0 aliphatic heterocycles. The van der Waals surface area contributed by atoms with Crippen LogP contribution in [-0.2, 0) is 4.79 Å². The topological polar surface area (TPSA) is 47.6 Å². The minimum atomic E-state index is 0.151. The fourth-order valence-corrected chi connectivity index (χ4v) is 2.95. The van der Waals surface area contributed by atoms with Gasteiger partial charge in [0, 0.05) is 23.9 Å². The molecule has 0 bridgehead atoms. The first kappa shape index (κ1) is 16.1. The highest BCUT2D eigenvalue weighted by Crippen LogP contribution is 2.33. The van der Waals surface area contributed by atoms with E-state index in [4.69, 9.17) is 9.47 Å². The summed E-state index contributed by atoms with van der Waals surface area (Å²) in [7, 11) is 3.29. The molecule has 0 saturated carbocycles. The van der Waals surface area contributed by atoms with Crippen LogP contribution in [0.15, 0.2) is 60.3 Å². The Bertz CT molecular complexity index is 732. The highest BCUT2D eigenvalue weighted by atomic mass is 16.5. The molecule has 1 aliphatic carbocycles. The summed E-state index contributed by atoms with van der Waals surface area (Å²) in [5.41, 5.74) is 3.05. The zero-order valence-corrected chi connectivity index (χ0v) is 13.9. The average Bonchev–Trinajstić information content (AvgIpc) is 2.62. The number of nitrogens with one attached hydrogen (secondary N) is 1. The van der Waals surface area contributed by atoms with E-state index >= 15 is 0 Å². The van der Waals surface area contributed by atoms with Crippen molar-refractivity contribution in [3.05, 3.63) is 65.9 Å². The van der Waals surface area contributed by atoms with Gasteiger partial charge in [0.15, 0.2) is 5.78 Å². The molecule has 1 N–H and O–H groups in total. The van der Waals surface area contributed by atoms with E-state index < -0.39 is 0 Å². The van der Waals surface area contributed by atoms with Gasteiger partial charge in [-0.1, -0.05) is 12.1 Å². The van der Waals surface area contributed by atoms with Crippen molar-refractivity contribution in [2.24, 2.45) is 0 Å². The van der Waals surface area contributed by atoms with Gasteiger partial charge >= 0.3 is 0 Å². The lowest BCUT2D eigenvalue weighted by atomic mass is 9.85. The second-order valence-corrected chi connectivity index (χ2v) is 5.87. The van der Waals surface area contributed by atoms with Crippen LogP contribution in [0.25, 0.3) is 0 Å². The van der Waals surface area contributed by atoms with Crippen molar-refractivity contribution in [2.45, 2.75) is 18.8 Å². The van der Waals surface area contributed by atoms with Gasteiger partial charge in [-0.2, -0.15) is 0 Å². The quantitative estimate of drug-likeness (QED) is 0.898. The molecule has 0 spiro atoms. The fourth-order valence-electron chi connectivity index (χ4n) is 2.95. The number of methoxy groups -OCH3 is 2. The second kappa shape index (κ2) is 7.21. The molecule has 2 aromatic rings. The number of allylic oxidation sites excluding steroid dienone is 2. The Morgan fingerprint density at radius 3 is 2.04 bits per heavy atom. The van der Waals surface area contributed by atoms with Crippen molar-refractivity contribution in [2.75, 3.05) is 19.5 Å². The lowest BCUT2D eigenvalue weighted by molar-refractivity contribution is -0.115. The first-order valence-corrected chi connectivity index (χ1v) is 7.96. The molecular formula is C20H21NO3. The molecule has 124 valence electrons. The minimum Gasteiger partial charge on any atom is -0.497 e. The Morgan fingerprint density at radius 1 is 0.875 bits per heavy atom. The SMILES string of the molecule is COc1ccc(NC2=CC(=O)CC(c3ccc(OC)cc3)C2)cc1. The molecule has 0 heterocycles. The van der Waals surface area contributed by atoms with Crippen LogP contribution in [-0.4, -0.2) is 20.0 Å². The Labute approximate surface area is 142 Å². The molecule has 3 rings (SSSR count). The molecule has 1 atom stereocenters. The van der Waals surface area contributed by atoms with Crippen LogP contribution < -0.4 is 14.8 Å². The molecule has 1 unspecified atom stereocenters. The molecule has 4 heteroatoms. The van der Waals surface area contributed by atoms with Gasteiger partial charge in [0.2, 0.25) is 0 Å². The standard InChI is InChI=1S/C20H21NO3/c1-23-19-7-3-14(4-8-19)15-11-17(13-18(22)12-15)21-16-5-9-20(24-2)10-6-16/h3-10,13,15,21H,11-12H2,1-2H3. The lowest BCUT2D eigenvalue weighted by Gasteiger charge is -2.23. The van der Waals surface area contributed by atoms with Gasteiger partial charge in [0.1, 0.15) is 11.5 Å². The van der Waals surface area contributed by atoms with Crippen LogP contribution in [0, 0.1) is 0 Å². The van der Waals surface area contributed by atoms with Crippen LogP contribution >= 0.6 is 0 Å². The molecule has 0 aromatic heterocycles. The summed E-state index contributed by atoms with van der Waals surface area (Å²) in [4.78, 5) is 12.1. The van der Waals surface area contributed by atoms with Gasteiger partial charge in [0.05, 0.1) is 14.2 Å². The maximum atomic E-state index is 12.1. The molecule has 1 aliphatic rings. The molecule has 0 radical (unpaired) electrons. The number of hydrogen-bond donors (Lipinski definition) is 1. The number of carbonyl (C=O) groups is 1. The van der Waals surface area contributed by atoms with Crippen molar-refractivity contribution in [1.29, 1.82) is 0 Å². The maximum Gasteiger partial charge on any atom is 0.158 e. The molecule has 2 aromatic carbocycles. The Balaban J connectivity index is 1.72. The zero-order chi connectivity index (χ0) is 16.9. The zero-order valence-electron chi connectivity index (χ0n) is 13.9. The summed E-state index contributed by atoms with van der Waals surface area (Å²) in [6, 6.07) is 15.6. The predicted molar refractivity (Wildman–Crippen MR) is 94.7 cm³/mol. The van der Waals surface area contributed by atoms with Crippen LogP contribution in [0.5, 0.6) is 11.5 Å². The first-order valence-electron chi connectivity index (χ1n) is 7.96.